The predicted molar refractivity (Wildman–Crippen MR) is 115 cm³/mol. The van der Waals surface area contributed by atoms with Crippen molar-refractivity contribution >= 4 is 27.3 Å². The molecule has 1 aliphatic carbocycles. The smallest absolute Gasteiger partial charge is 0.252 e. The summed E-state index contributed by atoms with van der Waals surface area (Å²) in [5, 5.41) is 4.89. The molecule has 0 spiro atoms. The zero-order valence-corrected chi connectivity index (χ0v) is 18.5. The van der Waals surface area contributed by atoms with Crippen molar-refractivity contribution in [1.82, 2.24) is 9.62 Å². The second-order valence-corrected chi connectivity index (χ2v) is 11.4. The first-order chi connectivity index (χ1) is 14.4. The molecule has 0 unspecified atom stereocenters. The Hall–Kier alpha value is -1.77. The Labute approximate surface area is 181 Å². The lowest BCUT2D eigenvalue weighted by Crippen LogP contribution is -2.45. The number of halogens is 1. The molecule has 1 amide bonds. The third kappa shape index (κ3) is 4.31. The lowest BCUT2D eigenvalue weighted by molar-refractivity contribution is -0.126. The molecule has 4 rings (SSSR count). The molecule has 0 bridgehead atoms. The molecule has 1 aromatic carbocycles. The van der Waals surface area contributed by atoms with Gasteiger partial charge >= 0.3 is 0 Å². The normalized spacial score (nSPS) is 20.3. The number of thiophene rings is 1. The van der Waals surface area contributed by atoms with Gasteiger partial charge in [0.1, 0.15) is 10.0 Å². The highest BCUT2D eigenvalue weighted by atomic mass is 32.2. The summed E-state index contributed by atoms with van der Waals surface area (Å²) in [5.41, 5.74) is 0.950. The molecule has 1 saturated carbocycles. The zero-order chi connectivity index (χ0) is 21.2. The van der Waals surface area contributed by atoms with Crippen LogP contribution in [-0.4, -0.2) is 38.3 Å². The fourth-order valence-corrected chi connectivity index (χ4v) is 7.33. The summed E-state index contributed by atoms with van der Waals surface area (Å²) in [5.74, 6) is -0.428. The van der Waals surface area contributed by atoms with E-state index in [-0.39, 0.29) is 23.1 Å². The summed E-state index contributed by atoms with van der Waals surface area (Å²) in [6.45, 7) is 1.27. The van der Waals surface area contributed by atoms with Crippen molar-refractivity contribution in [2.45, 2.75) is 48.1 Å². The Morgan fingerprint density at radius 1 is 1.13 bits per heavy atom. The maximum absolute atomic E-state index is 13.3. The first kappa shape index (κ1) is 21.5. The second-order valence-electron chi connectivity index (χ2n) is 8.32. The number of piperidine rings is 1. The van der Waals surface area contributed by atoms with Gasteiger partial charge in [-0.3, -0.25) is 4.79 Å². The van der Waals surface area contributed by atoms with Gasteiger partial charge in [-0.25, -0.2) is 12.8 Å². The zero-order valence-electron chi connectivity index (χ0n) is 16.8. The van der Waals surface area contributed by atoms with Gasteiger partial charge in [-0.15, -0.1) is 11.3 Å². The first-order valence-corrected chi connectivity index (χ1v) is 12.8. The van der Waals surface area contributed by atoms with Crippen LogP contribution in [0.25, 0.3) is 0 Å². The van der Waals surface area contributed by atoms with E-state index in [0.717, 1.165) is 31.2 Å². The molecule has 162 valence electrons. The van der Waals surface area contributed by atoms with Crippen LogP contribution in [0, 0.1) is 11.7 Å². The average molecular weight is 451 g/mol. The van der Waals surface area contributed by atoms with Gasteiger partial charge in [0.15, 0.2) is 0 Å². The molecule has 2 fully saturated rings. The van der Waals surface area contributed by atoms with Crippen LogP contribution in [0.15, 0.2) is 46.0 Å². The van der Waals surface area contributed by atoms with Crippen molar-refractivity contribution in [3.8, 4) is 0 Å². The number of hydrogen-bond donors (Lipinski definition) is 1. The Balaban J connectivity index is 1.35. The molecule has 1 aromatic heterocycles. The third-order valence-electron chi connectivity index (χ3n) is 6.53. The maximum Gasteiger partial charge on any atom is 0.252 e. The van der Waals surface area contributed by atoms with Gasteiger partial charge in [0.25, 0.3) is 10.0 Å². The highest BCUT2D eigenvalue weighted by molar-refractivity contribution is 7.91. The minimum absolute atomic E-state index is 0.00319. The number of amides is 1. The number of carbonyl (C=O) groups excluding carboxylic acids is 1. The van der Waals surface area contributed by atoms with E-state index in [2.05, 4.69) is 5.32 Å². The molecule has 1 N–H and O–H groups in total. The van der Waals surface area contributed by atoms with Crippen molar-refractivity contribution in [1.29, 1.82) is 0 Å². The first-order valence-electron chi connectivity index (χ1n) is 10.5. The monoisotopic (exact) mass is 450 g/mol. The van der Waals surface area contributed by atoms with E-state index in [0.29, 0.717) is 36.7 Å². The molecular formula is C22H27FN2O3S2. The Bertz CT molecular complexity index is 960. The number of benzene rings is 1. The molecule has 2 aliphatic rings. The van der Waals surface area contributed by atoms with Gasteiger partial charge in [0.2, 0.25) is 5.91 Å². The number of nitrogens with one attached hydrogen (secondary N) is 1. The molecule has 1 saturated heterocycles. The quantitative estimate of drug-likeness (QED) is 0.726. The number of nitrogens with zero attached hydrogens (tertiary/aromatic N) is 1. The molecule has 2 aromatic rings. The summed E-state index contributed by atoms with van der Waals surface area (Å²) >= 11 is 1.22. The Morgan fingerprint density at radius 2 is 1.80 bits per heavy atom. The minimum Gasteiger partial charge on any atom is -0.355 e. The van der Waals surface area contributed by atoms with E-state index in [1.165, 1.54) is 27.8 Å². The van der Waals surface area contributed by atoms with Crippen LogP contribution in [0.4, 0.5) is 4.39 Å². The van der Waals surface area contributed by atoms with Crippen molar-refractivity contribution in [3.05, 3.63) is 53.2 Å². The molecule has 1 aliphatic heterocycles. The number of sulfonamides is 1. The van der Waals surface area contributed by atoms with Crippen LogP contribution in [-0.2, 0) is 20.2 Å². The third-order valence-corrected chi connectivity index (χ3v) is 9.80. The van der Waals surface area contributed by atoms with Crippen molar-refractivity contribution < 1.29 is 17.6 Å². The highest BCUT2D eigenvalue weighted by Crippen LogP contribution is 2.40. The van der Waals surface area contributed by atoms with E-state index >= 15 is 0 Å². The predicted octanol–water partition coefficient (Wildman–Crippen LogP) is 3.92. The SMILES string of the molecule is O=C(NCC1(c2ccc(F)cc2)CCCC1)C1CCN(S(=O)(=O)c2cccs2)CC1. The summed E-state index contributed by atoms with van der Waals surface area (Å²) in [6.07, 6.45) is 5.23. The van der Waals surface area contributed by atoms with Crippen molar-refractivity contribution in [2.24, 2.45) is 5.92 Å². The number of hydrogen-bond acceptors (Lipinski definition) is 4. The highest BCUT2D eigenvalue weighted by Gasteiger charge is 2.37. The fourth-order valence-electron chi connectivity index (χ4n) is 4.72. The van der Waals surface area contributed by atoms with Crippen LogP contribution in [0.1, 0.15) is 44.1 Å². The van der Waals surface area contributed by atoms with Gasteiger partial charge in [0, 0.05) is 31.0 Å². The summed E-state index contributed by atoms with van der Waals surface area (Å²) in [6, 6.07) is 10.00. The molecule has 5 nitrogen and oxygen atoms in total. The van der Waals surface area contributed by atoms with Crippen molar-refractivity contribution in [2.75, 3.05) is 19.6 Å². The van der Waals surface area contributed by atoms with Gasteiger partial charge in [-0.05, 0) is 54.8 Å². The maximum atomic E-state index is 13.3. The lowest BCUT2D eigenvalue weighted by atomic mass is 9.78. The molecule has 30 heavy (non-hydrogen) atoms. The summed E-state index contributed by atoms with van der Waals surface area (Å²) in [4.78, 5) is 12.8. The Kier molecular flexibility index (Phi) is 6.27. The van der Waals surface area contributed by atoms with E-state index in [1.807, 2.05) is 12.1 Å². The molecule has 2 heterocycles. The van der Waals surface area contributed by atoms with E-state index in [4.69, 9.17) is 0 Å². The topological polar surface area (TPSA) is 66.5 Å². The Morgan fingerprint density at radius 3 is 2.40 bits per heavy atom. The van der Waals surface area contributed by atoms with Crippen LogP contribution < -0.4 is 5.32 Å². The van der Waals surface area contributed by atoms with Gasteiger partial charge in [0.05, 0.1) is 0 Å². The summed E-state index contributed by atoms with van der Waals surface area (Å²) in [7, 11) is -3.45. The fraction of sp³-hybridized carbons (Fsp3) is 0.500. The van der Waals surface area contributed by atoms with Gasteiger partial charge < -0.3 is 5.32 Å². The van der Waals surface area contributed by atoms with Gasteiger partial charge in [-0.2, -0.15) is 4.31 Å². The van der Waals surface area contributed by atoms with Gasteiger partial charge in [-0.1, -0.05) is 31.0 Å². The minimum atomic E-state index is -3.45. The second kappa shape index (κ2) is 8.77. The van der Waals surface area contributed by atoms with Crippen LogP contribution in [0.5, 0.6) is 0 Å². The van der Waals surface area contributed by atoms with Crippen molar-refractivity contribution in [3.63, 3.8) is 0 Å². The van der Waals surface area contributed by atoms with Crippen LogP contribution in [0.2, 0.25) is 0 Å². The summed E-state index contributed by atoms with van der Waals surface area (Å²) < 4.78 is 40.5. The molecular weight excluding hydrogens is 423 g/mol. The van der Waals surface area contributed by atoms with E-state index in [9.17, 15) is 17.6 Å². The van der Waals surface area contributed by atoms with E-state index in [1.54, 1.807) is 17.5 Å². The van der Waals surface area contributed by atoms with E-state index < -0.39 is 10.0 Å². The van der Waals surface area contributed by atoms with Crippen LogP contribution in [0.3, 0.4) is 0 Å². The molecule has 0 radical (unpaired) electrons. The number of carbonyl (C=O) groups is 1. The van der Waals surface area contributed by atoms with Crippen LogP contribution >= 0.6 is 11.3 Å². The lowest BCUT2D eigenvalue weighted by Gasteiger charge is -2.33. The largest absolute Gasteiger partial charge is 0.355 e. The molecule has 0 atom stereocenters. The average Bonchev–Trinajstić information content (AvgIpc) is 3.46. The molecule has 8 heteroatoms. The standard InChI is InChI=1S/C22H27FN2O3S2/c23-19-7-5-18(6-8-19)22(11-1-2-12-22)16-24-21(26)17-9-13-25(14-10-17)30(27,28)20-4-3-15-29-20/h3-8,15,17H,1-2,9-14,16H2,(H,24,26). The number of rotatable bonds is 6.